The summed E-state index contributed by atoms with van der Waals surface area (Å²) in [6.07, 6.45) is 7.45. The highest BCUT2D eigenvalue weighted by Crippen LogP contribution is 2.37. The Morgan fingerprint density at radius 3 is 3.20 bits per heavy atom. The van der Waals surface area contributed by atoms with Gasteiger partial charge in [0.1, 0.15) is 5.65 Å². The van der Waals surface area contributed by atoms with E-state index in [1.54, 1.807) is 0 Å². The van der Waals surface area contributed by atoms with Crippen molar-refractivity contribution in [1.82, 2.24) is 9.97 Å². The summed E-state index contributed by atoms with van der Waals surface area (Å²) in [5.41, 5.74) is 5.16. The highest BCUT2D eigenvalue weighted by atomic mass is 14.8. The third-order valence-electron chi connectivity index (χ3n) is 3.32. The number of nitrogens with one attached hydrogen (secondary N) is 1. The van der Waals surface area contributed by atoms with Crippen molar-refractivity contribution >= 4 is 16.6 Å². The van der Waals surface area contributed by atoms with Gasteiger partial charge in [-0.25, -0.2) is 4.98 Å². The van der Waals surface area contributed by atoms with E-state index >= 15 is 0 Å². The van der Waals surface area contributed by atoms with Gasteiger partial charge in [0.15, 0.2) is 0 Å². The van der Waals surface area contributed by atoms with Gasteiger partial charge in [0.05, 0.1) is 0 Å². The minimum atomic E-state index is 0.593. The minimum absolute atomic E-state index is 0.593. The second kappa shape index (κ2) is 2.96. The largest absolute Gasteiger partial charge is 0.346 e. The van der Waals surface area contributed by atoms with Crippen LogP contribution in [0.15, 0.2) is 24.5 Å². The Labute approximate surface area is 89.0 Å². The average Bonchev–Trinajstić information content (AvgIpc) is 2.70. The number of aromatic nitrogens is 2. The lowest BCUT2D eigenvalue weighted by Gasteiger charge is -2.21. The first-order chi connectivity index (χ1) is 7.27. The van der Waals surface area contributed by atoms with Gasteiger partial charge in [-0.05, 0) is 42.0 Å². The third kappa shape index (κ3) is 1.14. The molecule has 0 spiro atoms. The Kier molecular flexibility index (Phi) is 1.72. The lowest BCUT2D eigenvalue weighted by atomic mass is 9.84. The molecule has 2 heterocycles. The molecule has 1 atom stereocenters. The van der Waals surface area contributed by atoms with Crippen molar-refractivity contribution in [2.24, 2.45) is 0 Å². The van der Waals surface area contributed by atoms with E-state index in [1.807, 2.05) is 12.4 Å². The normalized spacial score (nSPS) is 20.1. The summed E-state index contributed by atoms with van der Waals surface area (Å²) in [5, 5.41) is 1.26. The van der Waals surface area contributed by atoms with Crippen molar-refractivity contribution in [3.8, 4) is 0 Å². The van der Waals surface area contributed by atoms with Crippen molar-refractivity contribution in [3.05, 3.63) is 35.7 Å². The number of allylic oxidation sites excluding steroid dienone is 2. The predicted molar refractivity (Wildman–Crippen MR) is 62.8 cm³/mol. The van der Waals surface area contributed by atoms with Gasteiger partial charge >= 0.3 is 0 Å². The van der Waals surface area contributed by atoms with E-state index in [4.69, 9.17) is 0 Å². The number of aromatic amines is 1. The van der Waals surface area contributed by atoms with E-state index in [2.05, 4.69) is 36.0 Å². The van der Waals surface area contributed by atoms with Crippen LogP contribution in [0.1, 0.15) is 37.3 Å². The van der Waals surface area contributed by atoms with Crippen molar-refractivity contribution in [1.29, 1.82) is 0 Å². The summed E-state index contributed by atoms with van der Waals surface area (Å²) in [5.74, 6) is 0.593. The summed E-state index contributed by atoms with van der Waals surface area (Å²) in [6.45, 7) is 4.46. The molecule has 0 saturated heterocycles. The highest BCUT2D eigenvalue weighted by Gasteiger charge is 2.19. The number of H-pyrrole nitrogens is 1. The van der Waals surface area contributed by atoms with Gasteiger partial charge in [-0.3, -0.25) is 0 Å². The zero-order chi connectivity index (χ0) is 10.4. The second-order valence-electron chi connectivity index (χ2n) is 4.35. The number of nitrogens with zero attached hydrogens (tertiary/aromatic N) is 1. The lowest BCUT2D eigenvalue weighted by molar-refractivity contribution is 0.764. The Hall–Kier alpha value is -1.57. The van der Waals surface area contributed by atoms with Crippen LogP contribution in [0.25, 0.3) is 16.6 Å². The van der Waals surface area contributed by atoms with E-state index in [9.17, 15) is 0 Å². The molecular weight excluding hydrogens is 184 g/mol. The molecule has 3 rings (SSSR count). The molecule has 15 heavy (non-hydrogen) atoms. The topological polar surface area (TPSA) is 28.7 Å². The summed E-state index contributed by atoms with van der Waals surface area (Å²) in [6, 6.07) is 2.12. The van der Waals surface area contributed by atoms with Gasteiger partial charge in [-0.15, -0.1) is 0 Å². The van der Waals surface area contributed by atoms with Crippen LogP contribution in [0, 0.1) is 0 Å². The molecule has 0 amide bonds. The minimum Gasteiger partial charge on any atom is -0.346 e. The SMILES string of the molecule is CC1=CCC(C)c2cnc3[nH]ccc3c21. The molecule has 1 aliphatic rings. The fraction of sp³-hybridized carbons (Fsp3) is 0.308. The highest BCUT2D eigenvalue weighted by molar-refractivity contribution is 5.91. The number of hydrogen-bond acceptors (Lipinski definition) is 1. The van der Waals surface area contributed by atoms with E-state index in [1.165, 1.54) is 22.1 Å². The Morgan fingerprint density at radius 1 is 1.47 bits per heavy atom. The maximum atomic E-state index is 4.46. The maximum Gasteiger partial charge on any atom is 0.137 e. The Balaban J connectivity index is 2.42. The summed E-state index contributed by atoms with van der Waals surface area (Å²) < 4.78 is 0. The van der Waals surface area contributed by atoms with E-state index in [0.717, 1.165) is 12.1 Å². The first kappa shape index (κ1) is 8.72. The molecule has 1 N–H and O–H groups in total. The van der Waals surface area contributed by atoms with Crippen LogP contribution in [-0.4, -0.2) is 9.97 Å². The van der Waals surface area contributed by atoms with Crippen molar-refractivity contribution in [2.45, 2.75) is 26.2 Å². The lowest BCUT2D eigenvalue weighted by Crippen LogP contribution is -2.04. The predicted octanol–water partition coefficient (Wildman–Crippen LogP) is 3.47. The first-order valence-electron chi connectivity index (χ1n) is 5.40. The van der Waals surface area contributed by atoms with Crippen LogP contribution in [0.2, 0.25) is 0 Å². The van der Waals surface area contributed by atoms with Crippen LogP contribution >= 0.6 is 0 Å². The molecule has 0 aliphatic heterocycles. The number of rotatable bonds is 0. The zero-order valence-corrected chi connectivity index (χ0v) is 9.04. The van der Waals surface area contributed by atoms with Crippen molar-refractivity contribution in [3.63, 3.8) is 0 Å². The molecule has 0 bridgehead atoms. The van der Waals surface area contributed by atoms with Gasteiger partial charge in [0, 0.05) is 17.8 Å². The van der Waals surface area contributed by atoms with Gasteiger partial charge in [0.25, 0.3) is 0 Å². The molecule has 0 saturated carbocycles. The van der Waals surface area contributed by atoms with Crippen molar-refractivity contribution in [2.75, 3.05) is 0 Å². The second-order valence-corrected chi connectivity index (χ2v) is 4.35. The molecular formula is C13H14N2. The van der Waals surface area contributed by atoms with Gasteiger partial charge in [-0.1, -0.05) is 13.0 Å². The first-order valence-corrected chi connectivity index (χ1v) is 5.40. The number of fused-ring (bicyclic) bond motifs is 3. The summed E-state index contributed by atoms with van der Waals surface area (Å²) >= 11 is 0. The van der Waals surface area contributed by atoms with Crippen LogP contribution in [0.3, 0.4) is 0 Å². The molecule has 0 fully saturated rings. The molecule has 2 aromatic heterocycles. The van der Waals surface area contributed by atoms with Crippen LogP contribution < -0.4 is 0 Å². The zero-order valence-electron chi connectivity index (χ0n) is 9.04. The fourth-order valence-electron chi connectivity index (χ4n) is 2.42. The van der Waals surface area contributed by atoms with Crippen molar-refractivity contribution < 1.29 is 0 Å². The molecule has 2 heteroatoms. The molecule has 76 valence electrons. The van der Waals surface area contributed by atoms with Crippen LogP contribution in [0.5, 0.6) is 0 Å². The molecule has 1 aliphatic carbocycles. The summed E-state index contributed by atoms with van der Waals surface area (Å²) in [4.78, 5) is 7.62. The van der Waals surface area contributed by atoms with Gasteiger partial charge < -0.3 is 4.98 Å². The molecule has 0 aromatic carbocycles. The Morgan fingerprint density at radius 2 is 2.33 bits per heavy atom. The maximum absolute atomic E-state index is 4.46. The molecule has 2 nitrogen and oxygen atoms in total. The molecule has 1 unspecified atom stereocenters. The smallest absolute Gasteiger partial charge is 0.137 e. The van der Waals surface area contributed by atoms with Gasteiger partial charge in [-0.2, -0.15) is 0 Å². The number of pyridine rings is 1. The molecule has 0 radical (unpaired) electrons. The van der Waals surface area contributed by atoms with Crippen LogP contribution in [0.4, 0.5) is 0 Å². The third-order valence-corrected chi connectivity index (χ3v) is 3.32. The van der Waals surface area contributed by atoms with E-state index < -0.39 is 0 Å². The standard InChI is InChI=1S/C13H14N2/c1-8-3-4-9(2)12-10-5-6-14-13(10)15-7-11(8)12/h4-8H,3H2,1-2H3,(H,14,15). The van der Waals surface area contributed by atoms with E-state index in [0.29, 0.717) is 5.92 Å². The van der Waals surface area contributed by atoms with Gasteiger partial charge in [0.2, 0.25) is 0 Å². The van der Waals surface area contributed by atoms with Crippen LogP contribution in [-0.2, 0) is 0 Å². The number of hydrogen-bond donors (Lipinski definition) is 1. The monoisotopic (exact) mass is 198 g/mol. The quantitative estimate of drug-likeness (QED) is 0.689. The fourth-order valence-corrected chi connectivity index (χ4v) is 2.42. The van der Waals surface area contributed by atoms with E-state index in [-0.39, 0.29) is 0 Å². The summed E-state index contributed by atoms with van der Waals surface area (Å²) in [7, 11) is 0. The molecule has 2 aromatic rings. The average molecular weight is 198 g/mol. The Bertz CT molecular complexity index is 549.